The van der Waals surface area contributed by atoms with Crippen molar-refractivity contribution in [2.75, 3.05) is 11.9 Å². The second kappa shape index (κ2) is 8.20. The minimum atomic E-state index is -0.237. The molecule has 0 atom stereocenters. The van der Waals surface area contributed by atoms with Crippen molar-refractivity contribution in [2.24, 2.45) is 0 Å². The Bertz CT molecular complexity index is 1230. The fraction of sp³-hybridized carbons (Fsp3) is 0.167. The Balaban J connectivity index is 1.51. The van der Waals surface area contributed by atoms with Crippen LogP contribution in [0.25, 0.3) is 22.6 Å². The Kier molecular flexibility index (Phi) is 5.46. The molecule has 3 aromatic carbocycles. The van der Waals surface area contributed by atoms with E-state index < -0.39 is 0 Å². The minimum Gasteiger partial charge on any atom is -0.484 e. The van der Waals surface area contributed by atoms with E-state index in [0.717, 1.165) is 22.3 Å². The standard InChI is InChI=1S/C24H21ClN2O3/c1-14-9-15(2)11-18(10-14)29-13-23(28)26-20-6-4-5-19(16(20)3)24-27-21-12-17(25)7-8-22(21)30-24/h4-12H,13H2,1-3H3,(H,26,28). The quantitative estimate of drug-likeness (QED) is 0.424. The van der Waals surface area contributed by atoms with Crippen molar-refractivity contribution >= 4 is 34.3 Å². The van der Waals surface area contributed by atoms with Crippen molar-refractivity contribution in [3.63, 3.8) is 0 Å². The number of anilines is 1. The van der Waals surface area contributed by atoms with Crippen molar-refractivity contribution in [1.82, 2.24) is 4.98 Å². The number of ether oxygens (including phenoxy) is 1. The molecule has 0 aliphatic carbocycles. The number of aromatic nitrogens is 1. The average molecular weight is 421 g/mol. The van der Waals surface area contributed by atoms with Crippen LogP contribution in [-0.4, -0.2) is 17.5 Å². The Morgan fingerprint density at radius 1 is 1.07 bits per heavy atom. The first-order chi connectivity index (χ1) is 14.4. The lowest BCUT2D eigenvalue weighted by Crippen LogP contribution is -2.20. The fourth-order valence-electron chi connectivity index (χ4n) is 3.37. The molecule has 4 rings (SSSR count). The first kappa shape index (κ1) is 20.0. The summed E-state index contributed by atoms with van der Waals surface area (Å²) in [6.45, 7) is 5.83. The molecule has 0 spiro atoms. The van der Waals surface area contributed by atoms with Gasteiger partial charge in [-0.05, 0) is 79.9 Å². The summed E-state index contributed by atoms with van der Waals surface area (Å²) in [6, 6.07) is 16.8. The van der Waals surface area contributed by atoms with E-state index in [2.05, 4.69) is 16.4 Å². The van der Waals surface area contributed by atoms with Crippen LogP contribution in [0.4, 0.5) is 5.69 Å². The van der Waals surface area contributed by atoms with Gasteiger partial charge in [-0.2, -0.15) is 0 Å². The molecule has 1 heterocycles. The molecule has 1 amide bonds. The first-order valence-corrected chi connectivity index (χ1v) is 9.94. The number of carbonyl (C=O) groups excluding carboxylic acids is 1. The van der Waals surface area contributed by atoms with Crippen molar-refractivity contribution in [3.05, 3.63) is 76.3 Å². The molecule has 0 saturated heterocycles. The van der Waals surface area contributed by atoms with Gasteiger partial charge < -0.3 is 14.5 Å². The molecule has 1 aromatic heterocycles. The van der Waals surface area contributed by atoms with Gasteiger partial charge in [0.15, 0.2) is 12.2 Å². The largest absolute Gasteiger partial charge is 0.484 e. The van der Waals surface area contributed by atoms with Gasteiger partial charge in [0.05, 0.1) is 0 Å². The van der Waals surface area contributed by atoms with Crippen LogP contribution in [0, 0.1) is 20.8 Å². The number of hydrogen-bond donors (Lipinski definition) is 1. The Hall–Kier alpha value is -3.31. The van der Waals surface area contributed by atoms with Crippen molar-refractivity contribution in [2.45, 2.75) is 20.8 Å². The Morgan fingerprint density at radius 3 is 2.60 bits per heavy atom. The van der Waals surface area contributed by atoms with Gasteiger partial charge in [0.1, 0.15) is 11.3 Å². The van der Waals surface area contributed by atoms with Gasteiger partial charge in [-0.15, -0.1) is 0 Å². The number of carbonyl (C=O) groups is 1. The summed E-state index contributed by atoms with van der Waals surface area (Å²) in [5, 5.41) is 3.51. The molecule has 0 saturated carbocycles. The Labute approximate surface area is 179 Å². The van der Waals surface area contributed by atoms with Crippen molar-refractivity contribution in [1.29, 1.82) is 0 Å². The number of hydrogen-bond acceptors (Lipinski definition) is 4. The van der Waals surface area contributed by atoms with Crippen LogP contribution in [0.1, 0.15) is 16.7 Å². The maximum atomic E-state index is 12.4. The molecule has 0 bridgehead atoms. The van der Waals surface area contributed by atoms with Gasteiger partial charge >= 0.3 is 0 Å². The number of fused-ring (bicyclic) bond motifs is 1. The second-order valence-corrected chi connectivity index (χ2v) is 7.71. The summed E-state index contributed by atoms with van der Waals surface area (Å²) in [4.78, 5) is 17.0. The molecule has 6 heteroatoms. The van der Waals surface area contributed by atoms with Gasteiger partial charge in [0.25, 0.3) is 5.91 Å². The third-order valence-corrected chi connectivity index (χ3v) is 4.99. The average Bonchev–Trinajstić information content (AvgIpc) is 3.10. The van der Waals surface area contributed by atoms with E-state index >= 15 is 0 Å². The Morgan fingerprint density at radius 2 is 1.83 bits per heavy atom. The number of oxazole rings is 1. The third-order valence-electron chi connectivity index (χ3n) is 4.75. The molecule has 30 heavy (non-hydrogen) atoms. The minimum absolute atomic E-state index is 0.0754. The fourth-order valence-corrected chi connectivity index (χ4v) is 3.54. The number of nitrogens with one attached hydrogen (secondary N) is 1. The zero-order chi connectivity index (χ0) is 21.3. The van der Waals surface area contributed by atoms with Crippen LogP contribution >= 0.6 is 11.6 Å². The molecule has 1 N–H and O–H groups in total. The van der Waals surface area contributed by atoms with Gasteiger partial charge in [0, 0.05) is 16.3 Å². The number of amides is 1. The van der Waals surface area contributed by atoms with Gasteiger partial charge in [-0.1, -0.05) is 23.7 Å². The van der Waals surface area contributed by atoms with E-state index in [9.17, 15) is 4.79 Å². The molecular weight excluding hydrogens is 400 g/mol. The highest BCUT2D eigenvalue weighted by atomic mass is 35.5. The SMILES string of the molecule is Cc1cc(C)cc(OCC(=O)Nc2cccc(-c3nc4cc(Cl)ccc4o3)c2C)c1. The zero-order valence-electron chi connectivity index (χ0n) is 17.0. The van der Waals surface area contributed by atoms with Gasteiger partial charge in [-0.3, -0.25) is 4.79 Å². The summed E-state index contributed by atoms with van der Waals surface area (Å²) in [5.74, 6) is 0.921. The summed E-state index contributed by atoms with van der Waals surface area (Å²) < 4.78 is 11.5. The van der Waals surface area contributed by atoms with Crippen molar-refractivity contribution in [3.8, 4) is 17.2 Å². The number of nitrogens with zero attached hydrogens (tertiary/aromatic N) is 1. The predicted octanol–water partition coefficient (Wildman–Crippen LogP) is 6.09. The summed E-state index contributed by atoms with van der Waals surface area (Å²) in [7, 11) is 0. The number of halogens is 1. The molecular formula is C24H21ClN2O3. The highest BCUT2D eigenvalue weighted by molar-refractivity contribution is 6.31. The monoisotopic (exact) mass is 420 g/mol. The maximum absolute atomic E-state index is 12.4. The van der Waals surface area contributed by atoms with Gasteiger partial charge in [-0.25, -0.2) is 4.98 Å². The molecule has 0 aliphatic rings. The number of aryl methyl sites for hydroxylation is 2. The normalized spacial score (nSPS) is 10.9. The van der Waals surface area contributed by atoms with Crippen LogP contribution in [0.5, 0.6) is 5.75 Å². The van der Waals surface area contributed by atoms with Crippen LogP contribution in [0.3, 0.4) is 0 Å². The van der Waals surface area contributed by atoms with E-state index in [4.69, 9.17) is 20.8 Å². The van der Waals surface area contributed by atoms with Crippen LogP contribution < -0.4 is 10.1 Å². The van der Waals surface area contributed by atoms with Crippen LogP contribution in [0.2, 0.25) is 5.02 Å². The molecule has 0 fully saturated rings. The zero-order valence-corrected chi connectivity index (χ0v) is 17.7. The van der Waals surface area contributed by atoms with Crippen LogP contribution in [-0.2, 0) is 4.79 Å². The number of rotatable bonds is 5. The lowest BCUT2D eigenvalue weighted by molar-refractivity contribution is -0.118. The van der Waals surface area contributed by atoms with Crippen LogP contribution in [0.15, 0.2) is 59.0 Å². The molecule has 0 radical (unpaired) electrons. The molecule has 152 valence electrons. The first-order valence-electron chi connectivity index (χ1n) is 9.56. The molecule has 0 unspecified atom stereocenters. The highest BCUT2D eigenvalue weighted by Gasteiger charge is 2.14. The van der Waals surface area contributed by atoms with E-state index in [1.165, 1.54) is 0 Å². The molecule has 4 aromatic rings. The van der Waals surface area contributed by atoms with E-state index in [1.54, 1.807) is 18.2 Å². The third kappa shape index (κ3) is 4.31. The molecule has 0 aliphatic heterocycles. The van der Waals surface area contributed by atoms with E-state index in [1.807, 2.05) is 51.1 Å². The summed E-state index contributed by atoms with van der Waals surface area (Å²) in [6.07, 6.45) is 0. The van der Waals surface area contributed by atoms with Crippen molar-refractivity contribution < 1.29 is 13.9 Å². The lowest BCUT2D eigenvalue weighted by Gasteiger charge is -2.12. The predicted molar refractivity (Wildman–Crippen MR) is 119 cm³/mol. The molecule has 5 nitrogen and oxygen atoms in total. The summed E-state index contributed by atoms with van der Waals surface area (Å²) >= 11 is 6.04. The van der Waals surface area contributed by atoms with Gasteiger partial charge in [0.2, 0.25) is 5.89 Å². The van der Waals surface area contributed by atoms with E-state index in [0.29, 0.717) is 33.4 Å². The maximum Gasteiger partial charge on any atom is 0.262 e. The lowest BCUT2D eigenvalue weighted by atomic mass is 10.1. The topological polar surface area (TPSA) is 64.4 Å². The smallest absolute Gasteiger partial charge is 0.262 e. The second-order valence-electron chi connectivity index (χ2n) is 7.27. The summed E-state index contributed by atoms with van der Waals surface area (Å²) in [5.41, 5.74) is 5.87. The highest BCUT2D eigenvalue weighted by Crippen LogP contribution is 2.31. The van der Waals surface area contributed by atoms with E-state index in [-0.39, 0.29) is 12.5 Å². The number of benzene rings is 3.